The number of amides is 1. The Morgan fingerprint density at radius 1 is 1.06 bits per heavy atom. The van der Waals surface area contributed by atoms with Crippen molar-refractivity contribution in [3.8, 4) is 28.3 Å². The van der Waals surface area contributed by atoms with Crippen molar-refractivity contribution < 1.29 is 9.53 Å². The van der Waals surface area contributed by atoms with Gasteiger partial charge in [0, 0.05) is 42.0 Å². The van der Waals surface area contributed by atoms with Gasteiger partial charge in [-0.25, -0.2) is 9.97 Å². The molecule has 0 radical (unpaired) electrons. The number of H-pyrrole nitrogens is 1. The zero-order valence-electron chi connectivity index (χ0n) is 19.1. The van der Waals surface area contributed by atoms with Crippen molar-refractivity contribution in [1.82, 2.24) is 24.8 Å². The molecule has 1 N–H and O–H groups in total. The number of nitrogens with one attached hydrogen (secondary N) is 1. The van der Waals surface area contributed by atoms with Crippen LogP contribution in [0.1, 0.15) is 16.8 Å². The molecular weight excluding hydrogens is 414 g/mol. The Labute approximate surface area is 193 Å². The van der Waals surface area contributed by atoms with Crippen molar-refractivity contribution >= 4 is 17.1 Å². The van der Waals surface area contributed by atoms with Crippen LogP contribution in [0.4, 0.5) is 0 Å². The van der Waals surface area contributed by atoms with E-state index in [2.05, 4.69) is 29.0 Å². The zero-order chi connectivity index (χ0) is 22.9. The number of aromatic amines is 1. The van der Waals surface area contributed by atoms with E-state index in [-0.39, 0.29) is 5.91 Å². The Hall–Kier alpha value is -3.71. The highest BCUT2D eigenvalue weighted by Crippen LogP contribution is 2.30. The molecule has 0 aliphatic carbocycles. The highest BCUT2D eigenvalue weighted by Gasteiger charge is 2.28. The second kappa shape index (κ2) is 8.67. The maximum atomic E-state index is 12.9. The first-order valence-electron chi connectivity index (χ1n) is 11.1. The summed E-state index contributed by atoms with van der Waals surface area (Å²) in [4.78, 5) is 29.6. The number of carbonyl (C=O) groups is 1. The second-order valence-electron chi connectivity index (χ2n) is 8.61. The van der Waals surface area contributed by atoms with Gasteiger partial charge in [0.05, 0.1) is 12.6 Å². The second-order valence-corrected chi connectivity index (χ2v) is 8.61. The van der Waals surface area contributed by atoms with Crippen molar-refractivity contribution in [2.45, 2.75) is 12.5 Å². The number of nitrogens with zero attached hydrogens (tertiary/aromatic N) is 4. The van der Waals surface area contributed by atoms with Crippen LogP contribution in [0.5, 0.6) is 5.75 Å². The molecule has 1 atom stereocenters. The third-order valence-electron chi connectivity index (χ3n) is 6.38. The summed E-state index contributed by atoms with van der Waals surface area (Å²) >= 11 is 0. The number of fused-ring (bicyclic) bond motifs is 1. The van der Waals surface area contributed by atoms with Gasteiger partial charge in [-0.1, -0.05) is 24.3 Å². The molecule has 2 aromatic carbocycles. The van der Waals surface area contributed by atoms with Gasteiger partial charge in [-0.3, -0.25) is 4.79 Å². The van der Waals surface area contributed by atoms with Gasteiger partial charge in [0.15, 0.2) is 5.65 Å². The molecule has 4 aromatic rings. The third kappa shape index (κ3) is 4.07. The number of benzene rings is 2. The number of likely N-dealkylation sites (N-methyl/N-ethyl adjacent to an activating group) is 1. The Morgan fingerprint density at radius 3 is 2.45 bits per heavy atom. The number of pyridine rings is 1. The van der Waals surface area contributed by atoms with Crippen LogP contribution in [0.2, 0.25) is 0 Å². The Balaban J connectivity index is 1.40. The fraction of sp³-hybridized carbons (Fsp3) is 0.269. The summed E-state index contributed by atoms with van der Waals surface area (Å²) in [6.45, 7) is 1.57. The van der Waals surface area contributed by atoms with E-state index in [1.54, 1.807) is 13.3 Å². The van der Waals surface area contributed by atoms with E-state index in [9.17, 15) is 4.79 Å². The number of aromatic nitrogens is 3. The molecule has 2 aromatic heterocycles. The van der Waals surface area contributed by atoms with E-state index in [0.717, 1.165) is 53.3 Å². The number of methoxy groups -OCH3 is 1. The Bertz CT molecular complexity index is 1280. The molecule has 1 unspecified atom stereocenters. The smallest absolute Gasteiger partial charge is 0.253 e. The number of ether oxygens (including phenoxy) is 1. The summed E-state index contributed by atoms with van der Waals surface area (Å²) in [5, 5.41) is 0. The SMILES string of the molecule is COc1ccc(-c2ccnc3nc(-c4ccc(C(=O)N5CCC(N(C)C)C5)cc4)[nH]c23)cc1. The van der Waals surface area contributed by atoms with Crippen LogP contribution in [0, 0.1) is 0 Å². The molecular formula is C26H27N5O2. The van der Waals surface area contributed by atoms with Gasteiger partial charge in [-0.15, -0.1) is 0 Å². The van der Waals surface area contributed by atoms with Gasteiger partial charge in [0.25, 0.3) is 5.91 Å². The minimum absolute atomic E-state index is 0.0824. The molecule has 7 nitrogen and oxygen atoms in total. The lowest BCUT2D eigenvalue weighted by molar-refractivity contribution is 0.0783. The number of carbonyl (C=O) groups excluding carboxylic acids is 1. The minimum Gasteiger partial charge on any atom is -0.497 e. The van der Waals surface area contributed by atoms with Crippen LogP contribution in [0.15, 0.2) is 60.8 Å². The van der Waals surface area contributed by atoms with Gasteiger partial charge in [-0.2, -0.15) is 0 Å². The molecule has 168 valence electrons. The van der Waals surface area contributed by atoms with E-state index in [1.165, 1.54) is 0 Å². The first kappa shape index (κ1) is 21.2. The average molecular weight is 442 g/mol. The largest absolute Gasteiger partial charge is 0.497 e. The number of rotatable bonds is 5. The molecule has 1 aliphatic rings. The zero-order valence-corrected chi connectivity index (χ0v) is 19.1. The van der Waals surface area contributed by atoms with Crippen molar-refractivity contribution in [3.63, 3.8) is 0 Å². The van der Waals surface area contributed by atoms with E-state index in [4.69, 9.17) is 9.72 Å². The third-order valence-corrected chi connectivity index (χ3v) is 6.38. The summed E-state index contributed by atoms with van der Waals surface area (Å²) in [7, 11) is 5.79. The van der Waals surface area contributed by atoms with Crippen molar-refractivity contribution in [2.24, 2.45) is 0 Å². The average Bonchev–Trinajstić information content (AvgIpc) is 3.51. The topological polar surface area (TPSA) is 74.4 Å². The fourth-order valence-electron chi connectivity index (χ4n) is 4.36. The summed E-state index contributed by atoms with van der Waals surface area (Å²) in [6.07, 6.45) is 2.78. The van der Waals surface area contributed by atoms with Gasteiger partial charge in [0.2, 0.25) is 0 Å². The molecule has 1 amide bonds. The van der Waals surface area contributed by atoms with E-state index in [1.807, 2.05) is 59.5 Å². The molecule has 0 spiro atoms. The molecule has 3 heterocycles. The number of likely N-dealkylation sites (tertiary alicyclic amines) is 1. The highest BCUT2D eigenvalue weighted by molar-refractivity contribution is 5.95. The summed E-state index contributed by atoms with van der Waals surface area (Å²) < 4.78 is 5.27. The van der Waals surface area contributed by atoms with Gasteiger partial charge in [0.1, 0.15) is 11.6 Å². The maximum absolute atomic E-state index is 12.9. The fourth-order valence-corrected chi connectivity index (χ4v) is 4.36. The lowest BCUT2D eigenvalue weighted by Crippen LogP contribution is -2.34. The van der Waals surface area contributed by atoms with E-state index < -0.39 is 0 Å². The number of imidazole rings is 1. The quantitative estimate of drug-likeness (QED) is 0.505. The Morgan fingerprint density at radius 2 is 1.79 bits per heavy atom. The standard InChI is InChI=1S/C26H27N5O2/c1-30(2)20-13-15-31(16-20)26(32)19-6-4-18(5-7-19)24-28-23-22(12-14-27-25(23)29-24)17-8-10-21(33-3)11-9-17/h4-12,14,20H,13,15-16H2,1-3H3,(H,27,28,29). The molecule has 1 aliphatic heterocycles. The molecule has 0 bridgehead atoms. The Kier molecular flexibility index (Phi) is 5.56. The van der Waals surface area contributed by atoms with Gasteiger partial charge >= 0.3 is 0 Å². The summed E-state index contributed by atoms with van der Waals surface area (Å²) in [6, 6.07) is 18.0. The van der Waals surface area contributed by atoms with E-state index >= 15 is 0 Å². The predicted octanol–water partition coefficient (Wildman–Crippen LogP) is 4.08. The van der Waals surface area contributed by atoms with Crippen molar-refractivity contribution in [2.75, 3.05) is 34.3 Å². The molecule has 0 saturated carbocycles. The minimum atomic E-state index is 0.0824. The van der Waals surface area contributed by atoms with Crippen LogP contribution in [0.25, 0.3) is 33.7 Å². The van der Waals surface area contributed by atoms with Crippen LogP contribution in [0.3, 0.4) is 0 Å². The van der Waals surface area contributed by atoms with E-state index in [0.29, 0.717) is 17.3 Å². The predicted molar refractivity (Wildman–Crippen MR) is 129 cm³/mol. The van der Waals surface area contributed by atoms with Crippen LogP contribution >= 0.6 is 0 Å². The molecule has 33 heavy (non-hydrogen) atoms. The summed E-state index contributed by atoms with van der Waals surface area (Å²) in [5.74, 6) is 1.63. The first-order chi connectivity index (χ1) is 16.0. The van der Waals surface area contributed by atoms with Crippen LogP contribution < -0.4 is 4.74 Å². The number of hydrogen-bond acceptors (Lipinski definition) is 5. The van der Waals surface area contributed by atoms with Gasteiger partial charge < -0.3 is 19.5 Å². The van der Waals surface area contributed by atoms with Gasteiger partial charge in [-0.05, 0) is 56.4 Å². The van der Waals surface area contributed by atoms with Crippen LogP contribution in [-0.4, -0.2) is 71.0 Å². The molecule has 7 heteroatoms. The van der Waals surface area contributed by atoms with Crippen molar-refractivity contribution in [3.05, 3.63) is 66.4 Å². The molecule has 1 saturated heterocycles. The summed E-state index contributed by atoms with van der Waals surface area (Å²) in [5.41, 5.74) is 5.23. The normalized spacial score (nSPS) is 16.0. The highest BCUT2D eigenvalue weighted by atomic mass is 16.5. The lowest BCUT2D eigenvalue weighted by Gasteiger charge is -2.20. The lowest BCUT2D eigenvalue weighted by atomic mass is 10.1. The maximum Gasteiger partial charge on any atom is 0.253 e. The van der Waals surface area contributed by atoms with Crippen LogP contribution in [-0.2, 0) is 0 Å². The molecule has 1 fully saturated rings. The number of hydrogen-bond donors (Lipinski definition) is 1. The first-order valence-corrected chi connectivity index (χ1v) is 11.1. The molecule has 5 rings (SSSR count). The van der Waals surface area contributed by atoms with Crippen molar-refractivity contribution in [1.29, 1.82) is 0 Å². The monoisotopic (exact) mass is 441 g/mol.